The lowest BCUT2D eigenvalue weighted by atomic mass is 10.2. The highest BCUT2D eigenvalue weighted by Crippen LogP contribution is 2.15. The van der Waals surface area contributed by atoms with Gasteiger partial charge in [0.2, 0.25) is 0 Å². The molecule has 1 heterocycles. The lowest BCUT2D eigenvalue weighted by Crippen LogP contribution is -2.26. The van der Waals surface area contributed by atoms with E-state index < -0.39 is 0 Å². The van der Waals surface area contributed by atoms with Crippen LogP contribution in [0.1, 0.15) is 50.9 Å². The van der Waals surface area contributed by atoms with Gasteiger partial charge in [-0.3, -0.25) is 0 Å². The van der Waals surface area contributed by atoms with Gasteiger partial charge in [-0.05, 0) is 63.0 Å². The number of aryl methyl sites for hydroxylation is 1. The van der Waals surface area contributed by atoms with Crippen LogP contribution in [0.5, 0.6) is 0 Å². The Kier molecular flexibility index (Phi) is 6.87. The van der Waals surface area contributed by atoms with Gasteiger partial charge in [0.05, 0.1) is 11.0 Å². The second kappa shape index (κ2) is 8.91. The molecular formula is C18H30N4. The van der Waals surface area contributed by atoms with Crippen LogP contribution in [0.15, 0.2) is 18.2 Å². The third-order valence-corrected chi connectivity index (χ3v) is 4.05. The maximum Gasteiger partial charge on any atom is 0.107 e. The van der Waals surface area contributed by atoms with Crippen LogP contribution < -0.4 is 5.73 Å². The summed E-state index contributed by atoms with van der Waals surface area (Å²) in [5.74, 6) is 1.10. The summed E-state index contributed by atoms with van der Waals surface area (Å²) >= 11 is 0. The summed E-state index contributed by atoms with van der Waals surface area (Å²) in [6.45, 7) is 8.74. The van der Waals surface area contributed by atoms with E-state index in [1.807, 2.05) is 0 Å². The zero-order valence-corrected chi connectivity index (χ0v) is 14.1. The average molecular weight is 302 g/mol. The molecule has 0 amide bonds. The molecule has 2 rings (SSSR count). The molecule has 0 bridgehead atoms. The number of aromatic amines is 1. The molecule has 0 aliphatic heterocycles. The van der Waals surface area contributed by atoms with Crippen LogP contribution in [0.3, 0.4) is 0 Å². The molecule has 0 saturated carbocycles. The first-order chi connectivity index (χ1) is 10.8. The summed E-state index contributed by atoms with van der Waals surface area (Å²) in [4.78, 5) is 10.7. The van der Waals surface area contributed by atoms with Gasteiger partial charge in [0.15, 0.2) is 0 Å². The van der Waals surface area contributed by atoms with Crippen LogP contribution in [-0.2, 0) is 13.0 Å². The van der Waals surface area contributed by atoms with E-state index in [2.05, 4.69) is 46.9 Å². The fourth-order valence-corrected chi connectivity index (χ4v) is 2.95. The van der Waals surface area contributed by atoms with Crippen molar-refractivity contribution < 1.29 is 0 Å². The van der Waals surface area contributed by atoms with E-state index in [1.54, 1.807) is 0 Å². The predicted molar refractivity (Wildman–Crippen MR) is 93.9 cm³/mol. The molecule has 0 aliphatic rings. The Balaban J connectivity index is 1.81. The Labute approximate surface area is 134 Å². The quantitative estimate of drug-likeness (QED) is 0.661. The van der Waals surface area contributed by atoms with Crippen LogP contribution in [0, 0.1) is 0 Å². The first-order valence-corrected chi connectivity index (χ1v) is 8.66. The molecule has 0 atom stereocenters. The molecule has 0 spiro atoms. The standard InChI is InChI=1S/C18H30N4/c1-3-10-22(11-4-2)12-6-5-7-18-20-16-9-8-15(14-19)13-17(16)21-18/h8-9,13H,3-7,10-12,14,19H2,1-2H3,(H,20,21). The molecule has 4 nitrogen and oxygen atoms in total. The highest BCUT2D eigenvalue weighted by molar-refractivity contribution is 5.75. The molecule has 3 N–H and O–H groups in total. The van der Waals surface area contributed by atoms with Gasteiger partial charge in [-0.15, -0.1) is 0 Å². The van der Waals surface area contributed by atoms with Crippen molar-refractivity contribution in [1.29, 1.82) is 0 Å². The molecule has 0 saturated heterocycles. The first kappa shape index (κ1) is 17.0. The zero-order valence-electron chi connectivity index (χ0n) is 14.1. The third kappa shape index (κ3) is 4.82. The van der Waals surface area contributed by atoms with Crippen molar-refractivity contribution >= 4 is 11.0 Å². The predicted octanol–water partition coefficient (Wildman–Crippen LogP) is 3.47. The van der Waals surface area contributed by atoms with Crippen LogP contribution >= 0.6 is 0 Å². The number of hydrogen-bond donors (Lipinski definition) is 2. The number of unbranched alkanes of at least 4 members (excludes halogenated alkanes) is 1. The van der Waals surface area contributed by atoms with Crippen molar-refractivity contribution in [2.45, 2.75) is 52.5 Å². The fraction of sp³-hybridized carbons (Fsp3) is 0.611. The van der Waals surface area contributed by atoms with Crippen LogP contribution in [-0.4, -0.2) is 34.5 Å². The molecule has 4 heteroatoms. The number of imidazole rings is 1. The number of H-pyrrole nitrogens is 1. The van der Waals surface area contributed by atoms with E-state index in [0.717, 1.165) is 28.8 Å². The van der Waals surface area contributed by atoms with Gasteiger partial charge in [-0.25, -0.2) is 4.98 Å². The topological polar surface area (TPSA) is 57.9 Å². The van der Waals surface area contributed by atoms with Crippen LogP contribution in [0.2, 0.25) is 0 Å². The molecule has 1 aromatic carbocycles. The number of rotatable bonds is 10. The fourth-order valence-electron chi connectivity index (χ4n) is 2.95. The normalized spacial score (nSPS) is 11.6. The van der Waals surface area contributed by atoms with E-state index >= 15 is 0 Å². The van der Waals surface area contributed by atoms with Gasteiger partial charge in [-0.2, -0.15) is 0 Å². The number of hydrogen-bond acceptors (Lipinski definition) is 3. The molecule has 0 unspecified atom stereocenters. The van der Waals surface area contributed by atoms with Crippen LogP contribution in [0.4, 0.5) is 0 Å². The van der Waals surface area contributed by atoms with Crippen molar-refractivity contribution in [1.82, 2.24) is 14.9 Å². The lowest BCUT2D eigenvalue weighted by molar-refractivity contribution is 0.269. The van der Waals surface area contributed by atoms with E-state index in [0.29, 0.717) is 6.54 Å². The maximum absolute atomic E-state index is 5.68. The second-order valence-electron chi connectivity index (χ2n) is 6.04. The number of benzene rings is 1. The minimum atomic E-state index is 0.578. The molecule has 0 aliphatic carbocycles. The summed E-state index contributed by atoms with van der Waals surface area (Å²) in [7, 11) is 0. The third-order valence-electron chi connectivity index (χ3n) is 4.05. The highest BCUT2D eigenvalue weighted by atomic mass is 15.1. The number of nitrogens with two attached hydrogens (primary N) is 1. The second-order valence-corrected chi connectivity index (χ2v) is 6.04. The SMILES string of the molecule is CCCN(CCC)CCCCc1nc2ccc(CN)cc2[nH]1. The Hall–Kier alpha value is -1.39. The molecular weight excluding hydrogens is 272 g/mol. The van der Waals surface area contributed by atoms with E-state index in [-0.39, 0.29) is 0 Å². The maximum atomic E-state index is 5.68. The summed E-state index contributed by atoms with van der Waals surface area (Å²) in [5, 5.41) is 0. The molecule has 0 radical (unpaired) electrons. The summed E-state index contributed by atoms with van der Waals surface area (Å²) in [6, 6.07) is 6.22. The van der Waals surface area contributed by atoms with Gasteiger partial charge < -0.3 is 15.6 Å². The first-order valence-electron chi connectivity index (χ1n) is 8.66. The minimum absolute atomic E-state index is 0.578. The zero-order chi connectivity index (χ0) is 15.8. The number of nitrogens with one attached hydrogen (secondary N) is 1. The van der Waals surface area contributed by atoms with E-state index in [4.69, 9.17) is 5.73 Å². The van der Waals surface area contributed by atoms with Gasteiger partial charge in [0.1, 0.15) is 5.82 Å². The van der Waals surface area contributed by atoms with Crippen molar-refractivity contribution in [3.63, 3.8) is 0 Å². The number of fused-ring (bicyclic) bond motifs is 1. The van der Waals surface area contributed by atoms with Crippen molar-refractivity contribution in [3.8, 4) is 0 Å². The van der Waals surface area contributed by atoms with Gasteiger partial charge in [0, 0.05) is 13.0 Å². The molecule has 1 aromatic heterocycles. The largest absolute Gasteiger partial charge is 0.342 e. The monoisotopic (exact) mass is 302 g/mol. The summed E-state index contributed by atoms with van der Waals surface area (Å²) in [5.41, 5.74) is 8.99. The molecule has 22 heavy (non-hydrogen) atoms. The minimum Gasteiger partial charge on any atom is -0.342 e. The van der Waals surface area contributed by atoms with E-state index in [1.165, 1.54) is 45.3 Å². The van der Waals surface area contributed by atoms with Crippen molar-refractivity contribution in [2.24, 2.45) is 5.73 Å². The van der Waals surface area contributed by atoms with Crippen molar-refractivity contribution in [3.05, 3.63) is 29.6 Å². The Morgan fingerprint density at radius 1 is 1.09 bits per heavy atom. The van der Waals surface area contributed by atoms with Gasteiger partial charge in [0.25, 0.3) is 0 Å². The Bertz CT molecular complexity index is 555. The summed E-state index contributed by atoms with van der Waals surface area (Å²) < 4.78 is 0. The lowest BCUT2D eigenvalue weighted by Gasteiger charge is -2.20. The molecule has 122 valence electrons. The Morgan fingerprint density at radius 3 is 2.55 bits per heavy atom. The van der Waals surface area contributed by atoms with Gasteiger partial charge >= 0.3 is 0 Å². The number of nitrogens with zero attached hydrogens (tertiary/aromatic N) is 2. The average Bonchev–Trinajstić information content (AvgIpc) is 2.93. The highest BCUT2D eigenvalue weighted by Gasteiger charge is 2.05. The van der Waals surface area contributed by atoms with Crippen LogP contribution in [0.25, 0.3) is 11.0 Å². The number of aromatic nitrogens is 2. The summed E-state index contributed by atoms with van der Waals surface area (Å²) in [6.07, 6.45) is 5.94. The van der Waals surface area contributed by atoms with Crippen molar-refractivity contribution in [2.75, 3.05) is 19.6 Å². The van der Waals surface area contributed by atoms with Gasteiger partial charge in [-0.1, -0.05) is 19.9 Å². The molecule has 2 aromatic rings. The Morgan fingerprint density at radius 2 is 1.86 bits per heavy atom. The smallest absolute Gasteiger partial charge is 0.107 e. The molecule has 0 fully saturated rings. The van der Waals surface area contributed by atoms with E-state index in [9.17, 15) is 0 Å².